The molecule has 0 saturated carbocycles. The van der Waals surface area contributed by atoms with Crippen LogP contribution >= 0.6 is 0 Å². The normalized spacial score (nSPS) is 10.8. The molecule has 6 nitrogen and oxygen atoms in total. The number of rotatable bonds is 5. The van der Waals surface area contributed by atoms with Gasteiger partial charge in [-0.15, -0.1) is 0 Å². The van der Waals surface area contributed by atoms with Crippen LogP contribution in [0.5, 0.6) is 0 Å². The zero-order valence-corrected chi connectivity index (χ0v) is 11.1. The fourth-order valence-corrected chi connectivity index (χ4v) is 1.44. The van der Waals surface area contributed by atoms with E-state index in [1.807, 2.05) is 0 Å². The molecule has 0 bridgehead atoms. The van der Waals surface area contributed by atoms with Crippen LogP contribution in [0.1, 0.15) is 24.2 Å². The average Bonchev–Trinajstić information content (AvgIpc) is 2.38. The van der Waals surface area contributed by atoms with Gasteiger partial charge in [-0.3, -0.25) is 4.79 Å². The Labute approximate surface area is 116 Å². The summed E-state index contributed by atoms with van der Waals surface area (Å²) in [6.07, 6.45) is 0.683. The summed E-state index contributed by atoms with van der Waals surface area (Å²) in [5.41, 5.74) is 0.412. The molecule has 0 radical (unpaired) electrons. The average molecular weight is 276 g/mol. The van der Waals surface area contributed by atoms with Crippen molar-refractivity contribution in [1.29, 1.82) is 0 Å². The van der Waals surface area contributed by atoms with Crippen LogP contribution in [0.2, 0.25) is 0 Å². The predicted octanol–water partition coefficient (Wildman–Crippen LogP) is 0.498. The molecule has 1 aromatic rings. The van der Waals surface area contributed by atoms with E-state index in [4.69, 9.17) is 4.74 Å². The van der Waals surface area contributed by atoms with Crippen LogP contribution in [-0.4, -0.2) is 24.5 Å². The molecule has 1 N–H and O–H groups in total. The fourth-order valence-electron chi connectivity index (χ4n) is 1.44. The van der Waals surface area contributed by atoms with E-state index in [9.17, 15) is 19.5 Å². The van der Waals surface area contributed by atoms with E-state index in [-0.39, 0.29) is 23.4 Å². The van der Waals surface area contributed by atoms with Crippen LogP contribution in [-0.2, 0) is 14.3 Å². The highest BCUT2D eigenvalue weighted by molar-refractivity contribution is 6.09. The SMILES string of the molecule is CCOC(=O)c1ccccc1NC(=O)/C(C)=C/C(=O)[O-]. The van der Waals surface area contributed by atoms with Crippen molar-refractivity contribution in [3.8, 4) is 0 Å². The lowest BCUT2D eigenvalue weighted by molar-refractivity contribution is -0.297. The highest BCUT2D eigenvalue weighted by Crippen LogP contribution is 2.17. The molecule has 0 saturated heterocycles. The van der Waals surface area contributed by atoms with Crippen LogP contribution in [0.3, 0.4) is 0 Å². The van der Waals surface area contributed by atoms with Crippen molar-refractivity contribution in [2.45, 2.75) is 13.8 Å². The third-order valence-corrected chi connectivity index (χ3v) is 2.36. The summed E-state index contributed by atoms with van der Waals surface area (Å²) < 4.78 is 4.87. The Kier molecular flexibility index (Phi) is 5.46. The van der Waals surface area contributed by atoms with Gasteiger partial charge >= 0.3 is 5.97 Å². The molecule has 0 fully saturated rings. The van der Waals surface area contributed by atoms with Crippen LogP contribution in [0.4, 0.5) is 5.69 Å². The second-order valence-corrected chi connectivity index (χ2v) is 3.87. The molecule has 1 amide bonds. The molecule has 1 aromatic carbocycles. The first-order valence-corrected chi connectivity index (χ1v) is 5.92. The van der Waals surface area contributed by atoms with Gasteiger partial charge in [0.25, 0.3) is 5.91 Å². The lowest BCUT2D eigenvalue weighted by Crippen LogP contribution is -2.22. The third kappa shape index (κ3) is 4.24. The molecular formula is C14H14NO5-. The van der Waals surface area contributed by atoms with E-state index in [2.05, 4.69) is 5.32 Å². The molecule has 0 spiro atoms. The standard InChI is InChI=1S/C14H15NO5/c1-3-20-14(19)10-6-4-5-7-11(10)15-13(18)9(2)8-12(16)17/h4-8H,3H2,1-2H3,(H,15,18)(H,16,17)/p-1/b9-8+. The molecule has 0 aliphatic carbocycles. The zero-order valence-electron chi connectivity index (χ0n) is 11.1. The number of para-hydroxylation sites is 1. The number of ether oxygens (including phenoxy) is 1. The van der Waals surface area contributed by atoms with Gasteiger partial charge in [0.15, 0.2) is 0 Å². The smallest absolute Gasteiger partial charge is 0.340 e. The van der Waals surface area contributed by atoms with E-state index >= 15 is 0 Å². The van der Waals surface area contributed by atoms with Gasteiger partial charge in [0.1, 0.15) is 0 Å². The van der Waals surface area contributed by atoms with Gasteiger partial charge in [0.05, 0.1) is 23.8 Å². The summed E-state index contributed by atoms with van der Waals surface area (Å²) in [5.74, 6) is -2.66. The number of aliphatic carboxylic acids is 1. The number of esters is 1. The molecule has 1 rings (SSSR count). The Morgan fingerprint density at radius 1 is 1.30 bits per heavy atom. The van der Waals surface area contributed by atoms with Crippen LogP contribution < -0.4 is 10.4 Å². The van der Waals surface area contributed by atoms with Crippen LogP contribution in [0.25, 0.3) is 0 Å². The number of hydrogen-bond acceptors (Lipinski definition) is 5. The number of carboxylic acids is 1. The monoisotopic (exact) mass is 276 g/mol. The second kappa shape index (κ2) is 7.08. The lowest BCUT2D eigenvalue weighted by atomic mass is 10.1. The maximum Gasteiger partial charge on any atom is 0.340 e. The Morgan fingerprint density at radius 2 is 1.95 bits per heavy atom. The first-order chi connectivity index (χ1) is 9.45. The lowest BCUT2D eigenvalue weighted by Gasteiger charge is -2.10. The van der Waals surface area contributed by atoms with Gasteiger partial charge in [0.2, 0.25) is 0 Å². The first-order valence-electron chi connectivity index (χ1n) is 5.92. The minimum absolute atomic E-state index is 0.0383. The Balaban J connectivity index is 2.96. The van der Waals surface area contributed by atoms with Gasteiger partial charge in [-0.05, 0) is 32.1 Å². The number of carboxylic acid groups (broad SMARTS) is 1. The van der Waals surface area contributed by atoms with Crippen LogP contribution in [0, 0.1) is 0 Å². The number of hydrogen-bond donors (Lipinski definition) is 1. The molecule has 0 aliphatic rings. The summed E-state index contributed by atoms with van der Waals surface area (Å²) in [5, 5.41) is 12.8. The summed E-state index contributed by atoms with van der Waals surface area (Å²) in [7, 11) is 0. The van der Waals surface area contributed by atoms with E-state index in [1.54, 1.807) is 19.1 Å². The number of carbonyl (C=O) groups excluding carboxylic acids is 3. The minimum Gasteiger partial charge on any atom is -0.545 e. The number of nitrogens with one attached hydrogen (secondary N) is 1. The quantitative estimate of drug-likeness (QED) is 0.624. The predicted molar refractivity (Wildman–Crippen MR) is 69.8 cm³/mol. The maximum absolute atomic E-state index is 11.8. The highest BCUT2D eigenvalue weighted by Gasteiger charge is 2.14. The van der Waals surface area contributed by atoms with Gasteiger partial charge < -0.3 is 20.0 Å². The molecule has 0 aliphatic heterocycles. The number of benzene rings is 1. The van der Waals surface area contributed by atoms with E-state index in [0.717, 1.165) is 0 Å². The first kappa shape index (κ1) is 15.4. The molecule has 106 valence electrons. The molecule has 20 heavy (non-hydrogen) atoms. The van der Waals surface area contributed by atoms with Crippen molar-refractivity contribution in [3.63, 3.8) is 0 Å². The molecule has 6 heteroatoms. The molecule has 0 unspecified atom stereocenters. The van der Waals surface area contributed by atoms with Crippen molar-refractivity contribution >= 4 is 23.5 Å². The van der Waals surface area contributed by atoms with Gasteiger partial charge in [-0.2, -0.15) is 0 Å². The Hall–Kier alpha value is -2.63. The van der Waals surface area contributed by atoms with Crippen molar-refractivity contribution < 1.29 is 24.2 Å². The van der Waals surface area contributed by atoms with Gasteiger partial charge in [-0.1, -0.05) is 12.1 Å². The molecular weight excluding hydrogens is 262 g/mol. The largest absolute Gasteiger partial charge is 0.545 e. The van der Waals surface area contributed by atoms with E-state index < -0.39 is 17.8 Å². The molecule has 0 aromatic heterocycles. The number of amides is 1. The van der Waals surface area contributed by atoms with Crippen molar-refractivity contribution in [2.24, 2.45) is 0 Å². The fraction of sp³-hybridized carbons (Fsp3) is 0.214. The van der Waals surface area contributed by atoms with Gasteiger partial charge in [0, 0.05) is 5.57 Å². The maximum atomic E-state index is 11.8. The van der Waals surface area contributed by atoms with E-state index in [1.165, 1.54) is 19.1 Å². The Bertz CT molecular complexity index is 562. The number of carbonyl (C=O) groups is 3. The highest BCUT2D eigenvalue weighted by atomic mass is 16.5. The minimum atomic E-state index is -1.46. The third-order valence-electron chi connectivity index (χ3n) is 2.36. The van der Waals surface area contributed by atoms with Crippen molar-refractivity contribution in [2.75, 3.05) is 11.9 Å². The number of anilines is 1. The Morgan fingerprint density at radius 3 is 2.55 bits per heavy atom. The molecule has 0 atom stereocenters. The second-order valence-electron chi connectivity index (χ2n) is 3.87. The van der Waals surface area contributed by atoms with Gasteiger partial charge in [-0.25, -0.2) is 4.79 Å². The summed E-state index contributed by atoms with van der Waals surface area (Å²) in [6.45, 7) is 3.22. The topological polar surface area (TPSA) is 95.5 Å². The van der Waals surface area contributed by atoms with Crippen molar-refractivity contribution in [3.05, 3.63) is 41.5 Å². The molecule has 0 heterocycles. The summed E-state index contributed by atoms with van der Waals surface area (Å²) in [4.78, 5) is 33.8. The summed E-state index contributed by atoms with van der Waals surface area (Å²) >= 11 is 0. The van der Waals surface area contributed by atoms with E-state index in [0.29, 0.717) is 6.08 Å². The van der Waals surface area contributed by atoms with Crippen LogP contribution in [0.15, 0.2) is 35.9 Å². The van der Waals surface area contributed by atoms with Crippen molar-refractivity contribution in [1.82, 2.24) is 0 Å². The zero-order chi connectivity index (χ0) is 15.1. The summed E-state index contributed by atoms with van der Waals surface area (Å²) in [6, 6.07) is 6.30.